The minimum Gasteiger partial charge on any atom is -0.463 e. The Balaban J connectivity index is 0.00000441. The fraction of sp³-hybridized carbons (Fsp3) is 0.643. The molecule has 0 saturated carbocycles. The summed E-state index contributed by atoms with van der Waals surface area (Å²) >= 11 is 0. The Bertz CT molecular complexity index is 490. The van der Waals surface area contributed by atoms with Gasteiger partial charge in [0.15, 0.2) is 0 Å². The van der Waals surface area contributed by atoms with E-state index in [1.54, 1.807) is 51.9 Å². The molecule has 7 nitrogen and oxygen atoms in total. The molecule has 22 heavy (non-hydrogen) atoms. The summed E-state index contributed by atoms with van der Waals surface area (Å²) in [6.45, 7) is 5.55. The average Bonchev–Trinajstić information content (AvgIpc) is 2.82. The molecule has 2 unspecified atom stereocenters. The van der Waals surface area contributed by atoms with Gasteiger partial charge in [0.2, 0.25) is 5.91 Å². The van der Waals surface area contributed by atoms with Crippen LogP contribution < -0.4 is 10.6 Å². The van der Waals surface area contributed by atoms with Crippen molar-refractivity contribution in [1.82, 2.24) is 20.4 Å². The Labute approximate surface area is 137 Å². The summed E-state index contributed by atoms with van der Waals surface area (Å²) in [6.07, 6.45) is 3.25. The van der Waals surface area contributed by atoms with Gasteiger partial charge in [-0.3, -0.25) is 14.3 Å². The molecule has 0 saturated heterocycles. The number of likely N-dealkylation sites (N-methyl/N-ethyl adjacent to an activating group) is 1. The normalized spacial score (nSPS) is 13.2. The second-order valence-corrected chi connectivity index (χ2v) is 5.30. The number of amides is 1. The molecule has 8 heteroatoms. The molecule has 0 aliphatic carbocycles. The van der Waals surface area contributed by atoms with Crippen molar-refractivity contribution in [2.24, 2.45) is 13.0 Å². The molecule has 1 rings (SSSR count). The van der Waals surface area contributed by atoms with Crippen LogP contribution in [0.2, 0.25) is 0 Å². The number of hydrogen-bond donors (Lipinski definition) is 2. The van der Waals surface area contributed by atoms with Gasteiger partial charge >= 0.3 is 5.97 Å². The monoisotopic (exact) mass is 332 g/mol. The van der Waals surface area contributed by atoms with Crippen molar-refractivity contribution in [3.63, 3.8) is 0 Å². The molecule has 0 aliphatic rings. The van der Waals surface area contributed by atoms with Crippen LogP contribution in [0.3, 0.4) is 0 Å². The first-order valence-electron chi connectivity index (χ1n) is 6.99. The molecule has 2 atom stereocenters. The molecule has 0 aromatic carbocycles. The zero-order valence-electron chi connectivity index (χ0n) is 13.6. The maximum Gasteiger partial charge on any atom is 0.310 e. The molecule has 1 aromatic heterocycles. The number of aryl methyl sites for hydroxylation is 1. The van der Waals surface area contributed by atoms with Crippen LogP contribution in [0.4, 0.5) is 0 Å². The maximum atomic E-state index is 12.2. The third kappa shape index (κ3) is 6.03. The van der Waals surface area contributed by atoms with Crippen LogP contribution in [0.5, 0.6) is 0 Å². The second-order valence-electron chi connectivity index (χ2n) is 5.30. The lowest BCUT2D eigenvalue weighted by Gasteiger charge is -2.17. The highest BCUT2D eigenvalue weighted by Crippen LogP contribution is 2.11. The summed E-state index contributed by atoms with van der Waals surface area (Å²) in [5.74, 6) is -0.898. The number of nitrogens with one attached hydrogen (secondary N) is 2. The van der Waals surface area contributed by atoms with Gasteiger partial charge in [-0.15, -0.1) is 12.4 Å². The van der Waals surface area contributed by atoms with Crippen molar-refractivity contribution in [2.45, 2.75) is 32.9 Å². The Morgan fingerprint density at radius 3 is 2.45 bits per heavy atom. The van der Waals surface area contributed by atoms with Crippen molar-refractivity contribution in [3.05, 3.63) is 18.0 Å². The Morgan fingerprint density at radius 1 is 1.36 bits per heavy atom. The predicted octanol–water partition coefficient (Wildman–Crippen LogP) is 0.806. The standard InChI is InChI=1S/C14H24N4O3.ClH/c1-9(2)21-14(20)10(3)6-16-13(19)12(15-4)11-7-17-18(5)8-11;/h7-10,12,15H,6H2,1-5H3,(H,16,19);1H. The van der Waals surface area contributed by atoms with E-state index in [0.717, 1.165) is 5.56 Å². The number of hydrogen-bond acceptors (Lipinski definition) is 5. The van der Waals surface area contributed by atoms with Gasteiger partial charge in [-0.1, -0.05) is 6.92 Å². The van der Waals surface area contributed by atoms with E-state index >= 15 is 0 Å². The number of nitrogens with zero attached hydrogens (tertiary/aromatic N) is 2. The third-order valence-electron chi connectivity index (χ3n) is 2.95. The Kier molecular flexibility index (Phi) is 8.74. The summed E-state index contributed by atoms with van der Waals surface area (Å²) in [7, 11) is 3.49. The lowest BCUT2D eigenvalue weighted by Crippen LogP contribution is -2.39. The molecule has 1 heterocycles. The largest absolute Gasteiger partial charge is 0.463 e. The molecule has 0 spiro atoms. The number of carbonyl (C=O) groups is 2. The van der Waals surface area contributed by atoms with Crippen LogP contribution in [0.25, 0.3) is 0 Å². The summed E-state index contributed by atoms with van der Waals surface area (Å²) < 4.78 is 6.73. The number of aromatic nitrogens is 2. The zero-order chi connectivity index (χ0) is 16.0. The van der Waals surface area contributed by atoms with E-state index in [-0.39, 0.29) is 42.9 Å². The van der Waals surface area contributed by atoms with E-state index in [1.807, 2.05) is 0 Å². The number of halogens is 1. The first-order chi connectivity index (χ1) is 9.85. The molecular formula is C14H25ClN4O3. The average molecular weight is 333 g/mol. The minimum absolute atomic E-state index is 0. The fourth-order valence-corrected chi connectivity index (χ4v) is 1.83. The first kappa shape index (κ1) is 20.4. The van der Waals surface area contributed by atoms with Gasteiger partial charge in [0.25, 0.3) is 0 Å². The van der Waals surface area contributed by atoms with E-state index in [9.17, 15) is 9.59 Å². The van der Waals surface area contributed by atoms with E-state index < -0.39 is 6.04 Å². The van der Waals surface area contributed by atoms with Gasteiger partial charge in [-0.2, -0.15) is 5.10 Å². The second kappa shape index (κ2) is 9.42. The number of ether oxygens (including phenoxy) is 1. The van der Waals surface area contributed by atoms with Crippen LogP contribution in [-0.4, -0.2) is 41.4 Å². The maximum absolute atomic E-state index is 12.2. The SMILES string of the molecule is CNC(C(=O)NCC(C)C(=O)OC(C)C)c1cnn(C)c1.Cl. The fourth-order valence-electron chi connectivity index (χ4n) is 1.83. The minimum atomic E-state index is -0.494. The topological polar surface area (TPSA) is 85.2 Å². The van der Waals surface area contributed by atoms with Gasteiger partial charge in [0.1, 0.15) is 6.04 Å². The highest BCUT2D eigenvalue weighted by molar-refractivity contribution is 5.85. The van der Waals surface area contributed by atoms with Gasteiger partial charge in [-0.25, -0.2) is 0 Å². The molecule has 0 bridgehead atoms. The van der Waals surface area contributed by atoms with E-state index in [4.69, 9.17) is 4.74 Å². The summed E-state index contributed by atoms with van der Waals surface area (Å²) in [5, 5.41) is 9.74. The quantitative estimate of drug-likeness (QED) is 0.722. The molecule has 2 N–H and O–H groups in total. The lowest BCUT2D eigenvalue weighted by atomic mass is 10.1. The zero-order valence-corrected chi connectivity index (χ0v) is 14.4. The molecular weight excluding hydrogens is 308 g/mol. The van der Waals surface area contributed by atoms with Crippen molar-refractivity contribution in [1.29, 1.82) is 0 Å². The molecule has 0 radical (unpaired) electrons. The lowest BCUT2D eigenvalue weighted by molar-refractivity contribution is -0.151. The highest BCUT2D eigenvalue weighted by atomic mass is 35.5. The Morgan fingerprint density at radius 2 is 2.00 bits per heavy atom. The van der Waals surface area contributed by atoms with Gasteiger partial charge in [-0.05, 0) is 20.9 Å². The van der Waals surface area contributed by atoms with Crippen LogP contribution in [0.1, 0.15) is 32.4 Å². The van der Waals surface area contributed by atoms with Crippen molar-refractivity contribution >= 4 is 24.3 Å². The van der Waals surface area contributed by atoms with Crippen molar-refractivity contribution in [3.8, 4) is 0 Å². The number of rotatable bonds is 7. The smallest absolute Gasteiger partial charge is 0.310 e. The highest BCUT2D eigenvalue weighted by Gasteiger charge is 2.22. The number of esters is 1. The first-order valence-corrected chi connectivity index (χ1v) is 6.99. The third-order valence-corrected chi connectivity index (χ3v) is 2.95. The van der Waals surface area contributed by atoms with Crippen LogP contribution in [0, 0.1) is 5.92 Å². The van der Waals surface area contributed by atoms with Crippen LogP contribution in [-0.2, 0) is 21.4 Å². The molecule has 0 fully saturated rings. The van der Waals surface area contributed by atoms with E-state index in [0.29, 0.717) is 0 Å². The number of carbonyl (C=O) groups excluding carboxylic acids is 2. The van der Waals surface area contributed by atoms with Gasteiger partial charge in [0, 0.05) is 25.4 Å². The van der Waals surface area contributed by atoms with Crippen molar-refractivity contribution in [2.75, 3.05) is 13.6 Å². The summed E-state index contributed by atoms with van der Waals surface area (Å²) in [4.78, 5) is 23.8. The predicted molar refractivity (Wildman–Crippen MR) is 85.7 cm³/mol. The Hall–Kier alpha value is -1.60. The molecule has 1 aromatic rings. The van der Waals surface area contributed by atoms with Crippen LogP contribution >= 0.6 is 12.4 Å². The molecule has 126 valence electrons. The molecule has 0 aliphatic heterocycles. The van der Waals surface area contributed by atoms with E-state index in [2.05, 4.69) is 15.7 Å². The summed E-state index contributed by atoms with van der Waals surface area (Å²) in [6, 6.07) is -0.494. The van der Waals surface area contributed by atoms with Crippen LogP contribution in [0.15, 0.2) is 12.4 Å². The van der Waals surface area contributed by atoms with Crippen molar-refractivity contribution < 1.29 is 14.3 Å². The van der Waals surface area contributed by atoms with Gasteiger partial charge in [0.05, 0.1) is 18.2 Å². The molecule has 1 amide bonds. The van der Waals surface area contributed by atoms with Gasteiger partial charge < -0.3 is 15.4 Å². The summed E-state index contributed by atoms with van der Waals surface area (Å²) in [5.41, 5.74) is 0.773. The van der Waals surface area contributed by atoms with E-state index in [1.165, 1.54) is 0 Å².